The molecule has 3 fully saturated rings. The van der Waals surface area contributed by atoms with Gasteiger partial charge in [-0.05, 0) is 31.6 Å². The molecule has 2 N–H and O–H groups in total. The van der Waals surface area contributed by atoms with Crippen molar-refractivity contribution in [2.24, 2.45) is 10.9 Å². The lowest BCUT2D eigenvalue weighted by Crippen LogP contribution is -2.47. The highest BCUT2D eigenvalue weighted by Gasteiger charge is 2.40. The number of carbonyl (C=O) groups is 1. The van der Waals surface area contributed by atoms with Crippen LogP contribution in [0.25, 0.3) is 0 Å². The molecule has 3 aliphatic rings. The fourth-order valence-electron chi connectivity index (χ4n) is 3.28. The van der Waals surface area contributed by atoms with Crippen LogP contribution in [0.5, 0.6) is 0 Å². The third-order valence-electron chi connectivity index (χ3n) is 4.49. The normalized spacial score (nSPS) is 35.2. The van der Waals surface area contributed by atoms with E-state index in [9.17, 15) is 4.79 Å². The molecule has 0 aromatic carbocycles. The fraction of sp³-hybridized carbons (Fsp3) is 0.867. The summed E-state index contributed by atoms with van der Waals surface area (Å²) in [5.41, 5.74) is 0.289. The summed E-state index contributed by atoms with van der Waals surface area (Å²) in [6.45, 7) is 2.96. The Labute approximate surface area is 125 Å². The molecule has 1 saturated heterocycles. The van der Waals surface area contributed by atoms with Crippen LogP contribution in [-0.2, 0) is 4.79 Å². The van der Waals surface area contributed by atoms with Crippen molar-refractivity contribution in [1.82, 2.24) is 10.6 Å². The van der Waals surface area contributed by atoms with E-state index in [1.54, 1.807) is 0 Å². The molecule has 2 aliphatic carbocycles. The molecule has 0 radical (unpaired) electrons. The van der Waals surface area contributed by atoms with Crippen LogP contribution in [0.4, 0.5) is 0 Å². The van der Waals surface area contributed by atoms with Gasteiger partial charge < -0.3 is 10.6 Å². The lowest BCUT2D eigenvalue weighted by atomic mass is 9.78. The van der Waals surface area contributed by atoms with Gasteiger partial charge in [0.25, 0.3) is 0 Å². The SMILES string of the molecule is CC1CCCC2(CSC(=NCCC(=O)NC3CC3)N2)C1. The highest BCUT2D eigenvalue weighted by Crippen LogP contribution is 2.38. The average molecular weight is 295 g/mol. The van der Waals surface area contributed by atoms with Crippen molar-refractivity contribution in [2.75, 3.05) is 12.3 Å². The summed E-state index contributed by atoms with van der Waals surface area (Å²) in [5, 5.41) is 7.71. The van der Waals surface area contributed by atoms with Crippen LogP contribution in [0.15, 0.2) is 4.99 Å². The van der Waals surface area contributed by atoms with Crippen LogP contribution in [0.1, 0.15) is 51.9 Å². The maximum Gasteiger partial charge on any atom is 0.222 e. The summed E-state index contributed by atoms with van der Waals surface area (Å²) in [6, 6.07) is 0.459. The van der Waals surface area contributed by atoms with Gasteiger partial charge in [-0.25, -0.2) is 0 Å². The average Bonchev–Trinajstić information content (AvgIpc) is 3.12. The fourth-order valence-corrected chi connectivity index (χ4v) is 4.50. The molecule has 1 aliphatic heterocycles. The summed E-state index contributed by atoms with van der Waals surface area (Å²) >= 11 is 1.83. The van der Waals surface area contributed by atoms with E-state index in [4.69, 9.17) is 0 Å². The molecule has 2 unspecified atom stereocenters. The summed E-state index contributed by atoms with van der Waals surface area (Å²) in [4.78, 5) is 16.2. The lowest BCUT2D eigenvalue weighted by Gasteiger charge is -2.36. The van der Waals surface area contributed by atoms with Crippen LogP contribution in [0.3, 0.4) is 0 Å². The van der Waals surface area contributed by atoms with Crippen molar-refractivity contribution in [1.29, 1.82) is 0 Å². The summed E-state index contributed by atoms with van der Waals surface area (Å²) < 4.78 is 0. The molecule has 0 aromatic rings. The predicted octanol–water partition coefficient (Wildman–Crippen LogP) is 2.30. The Balaban J connectivity index is 1.44. The van der Waals surface area contributed by atoms with Crippen LogP contribution < -0.4 is 10.6 Å². The van der Waals surface area contributed by atoms with Crippen LogP contribution in [0.2, 0.25) is 0 Å². The number of nitrogens with one attached hydrogen (secondary N) is 2. The molecule has 0 aromatic heterocycles. The third kappa shape index (κ3) is 3.68. The van der Waals surface area contributed by atoms with Gasteiger partial charge in [0.2, 0.25) is 5.91 Å². The second kappa shape index (κ2) is 5.96. The first-order valence-corrected chi connectivity index (χ1v) is 8.89. The van der Waals surface area contributed by atoms with Gasteiger partial charge in [-0.2, -0.15) is 0 Å². The molecule has 0 bridgehead atoms. The van der Waals surface area contributed by atoms with E-state index in [0.717, 1.165) is 29.7 Å². The number of aliphatic imine (C=N–C) groups is 1. The Hall–Kier alpha value is -0.710. The number of rotatable bonds is 4. The van der Waals surface area contributed by atoms with E-state index in [1.165, 1.54) is 25.7 Å². The van der Waals surface area contributed by atoms with Crippen LogP contribution in [-0.4, -0.2) is 35.0 Å². The van der Waals surface area contributed by atoms with Gasteiger partial charge in [0.05, 0.1) is 6.54 Å². The van der Waals surface area contributed by atoms with Crippen molar-refractivity contribution in [3.8, 4) is 0 Å². The molecule has 3 rings (SSSR count). The van der Waals surface area contributed by atoms with Gasteiger partial charge >= 0.3 is 0 Å². The molecule has 2 atom stereocenters. The minimum atomic E-state index is 0.154. The molecular weight excluding hydrogens is 270 g/mol. The quantitative estimate of drug-likeness (QED) is 0.837. The number of carbonyl (C=O) groups excluding carboxylic acids is 1. The first-order valence-electron chi connectivity index (χ1n) is 7.90. The van der Waals surface area contributed by atoms with Gasteiger partial charge in [0.1, 0.15) is 0 Å². The number of thioether (sulfide) groups is 1. The second-order valence-corrected chi connectivity index (χ2v) is 7.64. The standard InChI is InChI=1S/C15H25N3OS/c1-11-3-2-7-15(9-11)10-20-14(18-15)16-8-6-13(19)17-12-4-5-12/h11-12H,2-10H2,1H3,(H,16,18)(H,17,19). The Bertz CT molecular complexity index is 408. The van der Waals surface area contributed by atoms with E-state index in [-0.39, 0.29) is 11.4 Å². The zero-order chi connectivity index (χ0) is 14.0. The third-order valence-corrected chi connectivity index (χ3v) is 5.69. The molecule has 2 saturated carbocycles. The minimum absolute atomic E-state index is 0.154. The monoisotopic (exact) mass is 295 g/mol. The molecular formula is C15H25N3OS. The molecule has 1 spiro atoms. The zero-order valence-electron chi connectivity index (χ0n) is 12.3. The Kier molecular flexibility index (Phi) is 4.24. The second-order valence-electron chi connectivity index (χ2n) is 6.67. The van der Waals surface area contributed by atoms with E-state index in [0.29, 0.717) is 19.0 Å². The van der Waals surface area contributed by atoms with E-state index >= 15 is 0 Å². The van der Waals surface area contributed by atoms with Crippen molar-refractivity contribution in [3.63, 3.8) is 0 Å². The van der Waals surface area contributed by atoms with Crippen molar-refractivity contribution < 1.29 is 4.79 Å². The van der Waals surface area contributed by atoms with Crippen molar-refractivity contribution >= 4 is 22.8 Å². The molecule has 20 heavy (non-hydrogen) atoms. The zero-order valence-corrected chi connectivity index (χ0v) is 13.1. The topological polar surface area (TPSA) is 53.5 Å². The highest BCUT2D eigenvalue weighted by molar-refractivity contribution is 8.14. The maximum atomic E-state index is 11.6. The van der Waals surface area contributed by atoms with Gasteiger partial charge in [-0.1, -0.05) is 31.5 Å². The molecule has 4 nitrogen and oxygen atoms in total. The van der Waals surface area contributed by atoms with Crippen LogP contribution >= 0.6 is 11.8 Å². The highest BCUT2D eigenvalue weighted by atomic mass is 32.2. The number of amides is 1. The van der Waals surface area contributed by atoms with E-state index < -0.39 is 0 Å². The predicted molar refractivity (Wildman–Crippen MR) is 84.0 cm³/mol. The van der Waals surface area contributed by atoms with Gasteiger partial charge in [0, 0.05) is 23.8 Å². The molecule has 1 amide bonds. The van der Waals surface area contributed by atoms with Crippen molar-refractivity contribution in [2.45, 2.75) is 63.5 Å². The molecule has 5 heteroatoms. The van der Waals surface area contributed by atoms with Gasteiger partial charge in [0.15, 0.2) is 5.17 Å². The Morgan fingerprint density at radius 3 is 3.10 bits per heavy atom. The Morgan fingerprint density at radius 1 is 1.50 bits per heavy atom. The summed E-state index contributed by atoms with van der Waals surface area (Å²) in [6.07, 6.45) is 8.04. The molecule has 112 valence electrons. The Morgan fingerprint density at radius 2 is 2.35 bits per heavy atom. The smallest absolute Gasteiger partial charge is 0.222 e. The number of nitrogens with zero attached hydrogens (tertiary/aromatic N) is 1. The maximum absolute atomic E-state index is 11.6. The first-order chi connectivity index (χ1) is 9.65. The largest absolute Gasteiger partial charge is 0.359 e. The number of hydrogen-bond donors (Lipinski definition) is 2. The van der Waals surface area contributed by atoms with Gasteiger partial charge in [-0.15, -0.1) is 0 Å². The van der Waals surface area contributed by atoms with Gasteiger partial charge in [-0.3, -0.25) is 9.79 Å². The molecule has 1 heterocycles. The van der Waals surface area contributed by atoms with Crippen molar-refractivity contribution in [3.05, 3.63) is 0 Å². The number of amidine groups is 1. The first kappa shape index (κ1) is 14.2. The lowest BCUT2D eigenvalue weighted by molar-refractivity contribution is -0.121. The van der Waals surface area contributed by atoms with Crippen LogP contribution in [0, 0.1) is 5.92 Å². The van der Waals surface area contributed by atoms with E-state index in [2.05, 4.69) is 22.5 Å². The summed E-state index contributed by atoms with van der Waals surface area (Å²) in [5.74, 6) is 2.12. The van der Waals surface area contributed by atoms with E-state index in [1.807, 2.05) is 11.8 Å². The summed E-state index contributed by atoms with van der Waals surface area (Å²) in [7, 11) is 0. The number of hydrogen-bond acceptors (Lipinski definition) is 3. The minimum Gasteiger partial charge on any atom is -0.359 e.